The minimum atomic E-state index is -0.493. The first-order valence-electron chi connectivity index (χ1n) is 7.35. The van der Waals surface area contributed by atoms with Gasteiger partial charge in [0.1, 0.15) is 5.60 Å². The molecule has 0 radical (unpaired) electrons. The summed E-state index contributed by atoms with van der Waals surface area (Å²) in [6.45, 7) is 7.59. The summed E-state index contributed by atoms with van der Waals surface area (Å²) >= 11 is 0. The van der Waals surface area contributed by atoms with E-state index >= 15 is 0 Å². The fourth-order valence-electron chi connectivity index (χ4n) is 1.56. The number of ether oxygens (including phenoxy) is 1. The Labute approximate surface area is 129 Å². The van der Waals surface area contributed by atoms with Gasteiger partial charge in [0.15, 0.2) is 0 Å². The van der Waals surface area contributed by atoms with Gasteiger partial charge in [-0.1, -0.05) is 0 Å². The van der Waals surface area contributed by atoms with Crippen molar-refractivity contribution in [3.8, 4) is 0 Å². The highest BCUT2D eigenvalue weighted by Gasteiger charge is 2.19. The fourth-order valence-corrected chi connectivity index (χ4v) is 1.56. The summed E-state index contributed by atoms with van der Waals surface area (Å²) < 4.78 is 5.26. The molecule has 21 heavy (non-hydrogen) atoms. The maximum absolute atomic E-state index is 11.9. The van der Waals surface area contributed by atoms with E-state index in [1.54, 1.807) is 11.9 Å². The minimum Gasteiger partial charge on any atom is -0.444 e. The molecule has 6 heteroatoms. The van der Waals surface area contributed by atoms with Crippen molar-refractivity contribution in [1.82, 2.24) is 14.7 Å². The van der Waals surface area contributed by atoms with E-state index in [1.165, 1.54) is 4.90 Å². The van der Waals surface area contributed by atoms with Crippen LogP contribution in [0.4, 0.5) is 4.79 Å². The van der Waals surface area contributed by atoms with Gasteiger partial charge in [0.05, 0.1) is 0 Å². The molecule has 0 unspecified atom stereocenters. The van der Waals surface area contributed by atoms with Crippen LogP contribution in [0.15, 0.2) is 0 Å². The Kier molecular flexibility index (Phi) is 8.32. The molecular formula is C15H31N3O3. The van der Waals surface area contributed by atoms with E-state index < -0.39 is 5.60 Å². The molecule has 124 valence electrons. The molecule has 0 fully saturated rings. The number of hydrogen-bond acceptors (Lipinski definition) is 4. The van der Waals surface area contributed by atoms with Gasteiger partial charge in [0.25, 0.3) is 0 Å². The lowest BCUT2D eigenvalue weighted by molar-refractivity contribution is -0.130. The molecule has 0 bridgehead atoms. The Balaban J connectivity index is 3.97. The Morgan fingerprint density at radius 1 is 0.905 bits per heavy atom. The van der Waals surface area contributed by atoms with E-state index in [0.717, 1.165) is 6.54 Å². The van der Waals surface area contributed by atoms with Crippen LogP contribution in [0.5, 0.6) is 0 Å². The summed E-state index contributed by atoms with van der Waals surface area (Å²) in [6.07, 6.45) is 0.730. The Morgan fingerprint density at radius 3 is 1.95 bits per heavy atom. The van der Waals surface area contributed by atoms with Crippen LogP contribution in [-0.2, 0) is 9.53 Å². The SMILES string of the molecule is CN(C)CCN(C)C(=O)CCCN(C)C(=O)OC(C)(C)C. The van der Waals surface area contributed by atoms with E-state index in [4.69, 9.17) is 4.74 Å². The smallest absolute Gasteiger partial charge is 0.410 e. The maximum atomic E-state index is 11.9. The van der Waals surface area contributed by atoms with Crippen molar-refractivity contribution in [3.63, 3.8) is 0 Å². The summed E-state index contributed by atoms with van der Waals surface area (Å²) in [6, 6.07) is 0. The van der Waals surface area contributed by atoms with Gasteiger partial charge in [-0.15, -0.1) is 0 Å². The monoisotopic (exact) mass is 301 g/mol. The van der Waals surface area contributed by atoms with Gasteiger partial charge in [-0.2, -0.15) is 0 Å². The minimum absolute atomic E-state index is 0.106. The molecule has 0 aromatic heterocycles. The van der Waals surface area contributed by atoms with Gasteiger partial charge < -0.3 is 19.4 Å². The molecule has 0 N–H and O–H groups in total. The van der Waals surface area contributed by atoms with Gasteiger partial charge in [-0.05, 0) is 41.3 Å². The predicted octanol–water partition coefficient (Wildman–Crippen LogP) is 1.65. The first-order valence-corrected chi connectivity index (χ1v) is 7.35. The number of likely N-dealkylation sites (N-methyl/N-ethyl adjacent to an activating group) is 2. The molecule has 0 aliphatic carbocycles. The summed E-state index contributed by atoms with van der Waals surface area (Å²) in [7, 11) is 7.46. The molecule has 0 aromatic carbocycles. The Morgan fingerprint density at radius 2 is 1.48 bits per heavy atom. The maximum Gasteiger partial charge on any atom is 0.410 e. The third kappa shape index (κ3) is 10.1. The zero-order valence-electron chi connectivity index (χ0n) is 14.6. The molecule has 0 saturated heterocycles. The zero-order chi connectivity index (χ0) is 16.6. The van der Waals surface area contributed by atoms with E-state index in [9.17, 15) is 9.59 Å². The molecule has 0 atom stereocenters. The third-order valence-electron chi connectivity index (χ3n) is 2.90. The number of carbonyl (C=O) groups excluding carboxylic acids is 2. The fraction of sp³-hybridized carbons (Fsp3) is 0.867. The molecule has 0 aliphatic heterocycles. The first-order chi connectivity index (χ1) is 9.53. The quantitative estimate of drug-likeness (QED) is 0.717. The van der Waals surface area contributed by atoms with Crippen LogP contribution in [0.25, 0.3) is 0 Å². The van der Waals surface area contributed by atoms with Crippen LogP contribution in [0, 0.1) is 0 Å². The second-order valence-electron chi connectivity index (χ2n) is 6.62. The molecular weight excluding hydrogens is 270 g/mol. The number of rotatable bonds is 7. The van der Waals surface area contributed by atoms with Crippen LogP contribution >= 0.6 is 0 Å². The zero-order valence-corrected chi connectivity index (χ0v) is 14.6. The summed E-state index contributed by atoms with van der Waals surface area (Å²) in [4.78, 5) is 28.9. The summed E-state index contributed by atoms with van der Waals surface area (Å²) in [5.41, 5.74) is -0.493. The average Bonchev–Trinajstić information content (AvgIpc) is 2.33. The Hall–Kier alpha value is -1.30. The molecule has 0 rings (SSSR count). The van der Waals surface area contributed by atoms with Crippen molar-refractivity contribution in [3.05, 3.63) is 0 Å². The normalized spacial score (nSPS) is 11.4. The molecule has 0 saturated carbocycles. The first kappa shape index (κ1) is 19.7. The second kappa shape index (κ2) is 8.87. The standard InChI is InChI=1S/C15H31N3O3/c1-15(2,3)21-14(20)18(7)10-8-9-13(19)17(6)12-11-16(4)5/h8-12H2,1-7H3. The predicted molar refractivity (Wildman–Crippen MR) is 84.3 cm³/mol. The highest BCUT2D eigenvalue weighted by atomic mass is 16.6. The van der Waals surface area contributed by atoms with Gasteiger partial charge in [0.2, 0.25) is 5.91 Å². The van der Waals surface area contributed by atoms with Crippen molar-refractivity contribution >= 4 is 12.0 Å². The van der Waals surface area contributed by atoms with E-state index in [0.29, 0.717) is 25.9 Å². The molecule has 0 aliphatic rings. The van der Waals surface area contributed by atoms with Crippen LogP contribution in [0.2, 0.25) is 0 Å². The molecule has 0 aromatic rings. The van der Waals surface area contributed by atoms with Crippen molar-refractivity contribution in [1.29, 1.82) is 0 Å². The molecule has 6 nitrogen and oxygen atoms in total. The average molecular weight is 301 g/mol. The summed E-state index contributed by atoms with van der Waals surface area (Å²) in [5.74, 6) is 0.106. The van der Waals surface area contributed by atoms with Crippen LogP contribution < -0.4 is 0 Å². The molecule has 0 spiro atoms. The van der Waals surface area contributed by atoms with Gasteiger partial charge in [0, 0.05) is 40.2 Å². The van der Waals surface area contributed by atoms with E-state index in [2.05, 4.69) is 0 Å². The Bertz CT molecular complexity index is 338. The van der Waals surface area contributed by atoms with E-state index in [-0.39, 0.29) is 12.0 Å². The topological polar surface area (TPSA) is 53.1 Å². The highest BCUT2D eigenvalue weighted by Crippen LogP contribution is 2.09. The van der Waals surface area contributed by atoms with Crippen molar-refractivity contribution in [2.24, 2.45) is 0 Å². The lowest BCUT2D eigenvalue weighted by atomic mass is 10.2. The van der Waals surface area contributed by atoms with Crippen LogP contribution in [-0.4, -0.2) is 80.1 Å². The number of hydrogen-bond donors (Lipinski definition) is 0. The largest absolute Gasteiger partial charge is 0.444 e. The van der Waals surface area contributed by atoms with Crippen molar-refractivity contribution in [2.45, 2.75) is 39.2 Å². The second-order valence-corrected chi connectivity index (χ2v) is 6.62. The lowest BCUT2D eigenvalue weighted by Crippen LogP contribution is -2.36. The molecule has 2 amide bonds. The number of nitrogens with zero attached hydrogens (tertiary/aromatic N) is 3. The van der Waals surface area contributed by atoms with E-state index in [1.807, 2.05) is 46.8 Å². The van der Waals surface area contributed by atoms with Gasteiger partial charge in [-0.3, -0.25) is 4.79 Å². The number of amides is 2. The lowest BCUT2D eigenvalue weighted by Gasteiger charge is -2.25. The van der Waals surface area contributed by atoms with Crippen molar-refractivity contribution < 1.29 is 14.3 Å². The van der Waals surface area contributed by atoms with Crippen LogP contribution in [0.1, 0.15) is 33.6 Å². The third-order valence-corrected chi connectivity index (χ3v) is 2.90. The molecule has 0 heterocycles. The highest BCUT2D eigenvalue weighted by molar-refractivity contribution is 5.76. The van der Waals surface area contributed by atoms with Gasteiger partial charge in [-0.25, -0.2) is 4.79 Å². The van der Waals surface area contributed by atoms with Gasteiger partial charge >= 0.3 is 6.09 Å². The summed E-state index contributed by atoms with van der Waals surface area (Å²) in [5, 5.41) is 0. The number of carbonyl (C=O) groups is 2. The van der Waals surface area contributed by atoms with Crippen LogP contribution in [0.3, 0.4) is 0 Å². The van der Waals surface area contributed by atoms with Crippen molar-refractivity contribution in [2.75, 3.05) is 47.8 Å².